The molecule has 1 amide bonds. The first-order valence-corrected chi connectivity index (χ1v) is 11.8. The highest BCUT2D eigenvalue weighted by atomic mass is 19.4. The van der Waals surface area contributed by atoms with Crippen molar-refractivity contribution >= 4 is 28.2 Å². The van der Waals surface area contributed by atoms with E-state index >= 15 is 0 Å². The molecule has 0 spiro atoms. The molecule has 2 unspecified atom stereocenters. The van der Waals surface area contributed by atoms with Crippen LogP contribution in [0.5, 0.6) is 17.2 Å². The molecule has 210 valence electrons. The summed E-state index contributed by atoms with van der Waals surface area (Å²) in [5.41, 5.74) is -4.23. The van der Waals surface area contributed by atoms with Gasteiger partial charge in [-0.1, -0.05) is 19.1 Å². The van der Waals surface area contributed by atoms with Crippen molar-refractivity contribution in [2.24, 2.45) is 0 Å². The van der Waals surface area contributed by atoms with Gasteiger partial charge in [-0.25, -0.2) is 0 Å². The number of benzene rings is 3. The molecule has 3 aromatic rings. The summed E-state index contributed by atoms with van der Waals surface area (Å²) in [4.78, 5) is 38.0. The monoisotopic (exact) mass is 559 g/mol. The van der Waals surface area contributed by atoms with E-state index in [2.05, 4.69) is 0 Å². The number of carbonyl (C=O) groups excluding carboxylic acids is 2. The average molecular weight is 559 g/mol. The van der Waals surface area contributed by atoms with E-state index < -0.39 is 51.6 Å². The number of fused-ring (bicyclic) bond motifs is 1. The molecular formula is C27H24F3N3O7. The Hall–Kier alpha value is -4.70. The molecule has 40 heavy (non-hydrogen) atoms. The Morgan fingerprint density at radius 2 is 1.68 bits per heavy atom. The molecule has 3 rings (SSSR count). The zero-order valence-corrected chi connectivity index (χ0v) is 21.8. The third kappa shape index (κ3) is 5.97. The molecule has 0 fully saturated rings. The Morgan fingerprint density at radius 3 is 2.25 bits per heavy atom. The summed E-state index contributed by atoms with van der Waals surface area (Å²) < 4.78 is 55.5. The van der Waals surface area contributed by atoms with Crippen molar-refractivity contribution in [1.29, 1.82) is 5.26 Å². The second kappa shape index (κ2) is 11.6. The number of halogens is 3. The molecule has 0 N–H and O–H groups in total. The van der Waals surface area contributed by atoms with Gasteiger partial charge in [-0.05, 0) is 48.0 Å². The highest BCUT2D eigenvalue weighted by molar-refractivity contribution is 6.12. The number of ketones is 1. The third-order valence-corrected chi connectivity index (χ3v) is 6.15. The average Bonchev–Trinajstić information content (AvgIpc) is 2.93. The summed E-state index contributed by atoms with van der Waals surface area (Å²) in [6.07, 6.45) is -5.67. The van der Waals surface area contributed by atoms with Crippen LogP contribution in [0, 0.1) is 21.4 Å². The lowest BCUT2D eigenvalue weighted by atomic mass is 9.95. The van der Waals surface area contributed by atoms with Gasteiger partial charge in [0.2, 0.25) is 11.5 Å². The second-order valence-corrected chi connectivity index (χ2v) is 8.63. The van der Waals surface area contributed by atoms with Gasteiger partial charge in [0.05, 0.1) is 10.5 Å². The zero-order valence-electron chi connectivity index (χ0n) is 21.8. The van der Waals surface area contributed by atoms with E-state index in [0.717, 1.165) is 29.2 Å². The largest absolute Gasteiger partial charge is 0.457 e. The van der Waals surface area contributed by atoms with Crippen LogP contribution < -0.4 is 9.47 Å². The second-order valence-electron chi connectivity index (χ2n) is 8.63. The van der Waals surface area contributed by atoms with Gasteiger partial charge in [-0.3, -0.25) is 19.7 Å². The van der Waals surface area contributed by atoms with E-state index in [0.29, 0.717) is 10.8 Å². The van der Waals surface area contributed by atoms with Crippen LogP contribution >= 0.6 is 0 Å². The van der Waals surface area contributed by atoms with E-state index in [1.807, 2.05) is 0 Å². The minimum absolute atomic E-state index is 0.0336. The summed E-state index contributed by atoms with van der Waals surface area (Å²) in [6.45, 7) is 2.89. The SMILES string of the molecule is CCC(=O)C(C#N)(Oc1cc(Oc2ccc3cc(C(F)(F)F)ccc3c2)ccc1[N+](=O)[O-])C(=O)N(C)C(C)OC. The zero-order chi connectivity index (χ0) is 29.8. The highest BCUT2D eigenvalue weighted by Gasteiger charge is 2.51. The predicted octanol–water partition coefficient (Wildman–Crippen LogP) is 5.63. The molecule has 0 saturated carbocycles. The van der Waals surface area contributed by atoms with E-state index in [4.69, 9.17) is 14.2 Å². The number of likely N-dealkylation sites (N-methyl/N-ethyl adjacent to an activating group) is 1. The lowest BCUT2D eigenvalue weighted by Crippen LogP contribution is -2.58. The summed E-state index contributed by atoms with van der Waals surface area (Å²) >= 11 is 0. The van der Waals surface area contributed by atoms with Gasteiger partial charge < -0.3 is 19.1 Å². The van der Waals surface area contributed by atoms with Gasteiger partial charge in [-0.2, -0.15) is 18.4 Å². The van der Waals surface area contributed by atoms with Gasteiger partial charge in [0.1, 0.15) is 23.8 Å². The Balaban J connectivity index is 2.03. The van der Waals surface area contributed by atoms with Crippen LogP contribution in [0.2, 0.25) is 0 Å². The topological polar surface area (TPSA) is 132 Å². The van der Waals surface area contributed by atoms with Crippen LogP contribution in [-0.4, -0.2) is 47.5 Å². The number of Topliss-reactive ketones (excluding diaryl/α,β-unsaturated/α-hetero) is 1. The number of nitriles is 1. The number of alkyl halides is 3. The lowest BCUT2D eigenvalue weighted by Gasteiger charge is -2.31. The minimum Gasteiger partial charge on any atom is -0.457 e. The molecule has 0 aliphatic heterocycles. The van der Waals surface area contributed by atoms with Crippen LogP contribution in [0.3, 0.4) is 0 Å². The van der Waals surface area contributed by atoms with Crippen molar-refractivity contribution in [3.05, 3.63) is 70.3 Å². The number of rotatable bonds is 10. The Labute approximate surface area is 226 Å². The first kappa shape index (κ1) is 29.9. The fourth-order valence-corrected chi connectivity index (χ4v) is 3.73. The quantitative estimate of drug-likeness (QED) is 0.135. The van der Waals surface area contributed by atoms with Gasteiger partial charge in [0, 0.05) is 32.7 Å². The molecule has 0 aliphatic carbocycles. The number of methoxy groups -OCH3 is 1. The summed E-state index contributed by atoms with van der Waals surface area (Å²) in [7, 11) is 2.58. The van der Waals surface area contributed by atoms with Crippen LogP contribution in [-0.2, 0) is 20.5 Å². The molecule has 2 atom stereocenters. The van der Waals surface area contributed by atoms with Crippen LogP contribution in [0.15, 0.2) is 54.6 Å². The normalized spacial score (nSPS) is 13.6. The van der Waals surface area contributed by atoms with Gasteiger partial charge >= 0.3 is 17.5 Å². The molecule has 0 heterocycles. The van der Waals surface area contributed by atoms with Crippen molar-refractivity contribution in [3.63, 3.8) is 0 Å². The number of hydrogen-bond acceptors (Lipinski definition) is 8. The van der Waals surface area contributed by atoms with Crippen molar-refractivity contribution in [3.8, 4) is 23.3 Å². The van der Waals surface area contributed by atoms with E-state index in [9.17, 15) is 38.1 Å². The van der Waals surface area contributed by atoms with Gasteiger partial charge in [0.15, 0.2) is 0 Å². The molecule has 0 saturated heterocycles. The number of nitro benzene ring substituents is 1. The predicted molar refractivity (Wildman–Crippen MR) is 136 cm³/mol. The lowest BCUT2D eigenvalue weighted by molar-refractivity contribution is -0.386. The van der Waals surface area contributed by atoms with E-state index in [1.165, 1.54) is 58.3 Å². The third-order valence-electron chi connectivity index (χ3n) is 6.15. The van der Waals surface area contributed by atoms with Crippen molar-refractivity contribution < 1.29 is 41.9 Å². The van der Waals surface area contributed by atoms with E-state index in [1.54, 1.807) is 6.07 Å². The number of carbonyl (C=O) groups is 2. The molecule has 0 radical (unpaired) electrons. The first-order chi connectivity index (χ1) is 18.8. The molecule has 3 aromatic carbocycles. The van der Waals surface area contributed by atoms with Gasteiger partial charge in [-0.15, -0.1) is 0 Å². The number of amides is 1. The smallest absolute Gasteiger partial charge is 0.416 e. The number of ether oxygens (including phenoxy) is 3. The Morgan fingerprint density at radius 1 is 1.07 bits per heavy atom. The van der Waals surface area contributed by atoms with Crippen molar-refractivity contribution in [1.82, 2.24) is 4.90 Å². The Bertz CT molecular complexity index is 1500. The fraction of sp³-hybridized carbons (Fsp3) is 0.296. The molecule has 0 aliphatic rings. The molecule has 0 aromatic heterocycles. The van der Waals surface area contributed by atoms with Crippen LogP contribution in [0.1, 0.15) is 25.8 Å². The number of hydrogen-bond donors (Lipinski definition) is 0. The summed E-state index contributed by atoms with van der Waals surface area (Å²) in [5, 5.41) is 22.4. The maximum absolute atomic E-state index is 13.3. The Kier molecular flexibility index (Phi) is 8.64. The van der Waals surface area contributed by atoms with Crippen LogP contribution in [0.25, 0.3) is 10.8 Å². The van der Waals surface area contributed by atoms with Crippen LogP contribution in [0.4, 0.5) is 18.9 Å². The van der Waals surface area contributed by atoms with Crippen molar-refractivity contribution in [2.75, 3.05) is 14.2 Å². The highest BCUT2D eigenvalue weighted by Crippen LogP contribution is 2.38. The van der Waals surface area contributed by atoms with E-state index in [-0.39, 0.29) is 17.9 Å². The number of nitro groups is 1. The number of nitrogens with zero attached hydrogens (tertiary/aromatic N) is 3. The van der Waals surface area contributed by atoms with Gasteiger partial charge in [0.25, 0.3) is 5.91 Å². The molecule has 10 nitrogen and oxygen atoms in total. The molecule has 0 bridgehead atoms. The molecule has 13 heteroatoms. The maximum atomic E-state index is 13.3. The fourth-order valence-electron chi connectivity index (χ4n) is 3.73. The standard InChI is InChI=1S/C27H24F3N3O7/c1-5-24(34)26(15-31,25(35)32(3)16(2)38-4)40-23-14-21(10-11-22(23)33(36)37)39-20-9-7-17-12-19(27(28,29)30)8-6-18(17)13-20/h6-14,16H,5H2,1-4H3. The molecular weight excluding hydrogens is 535 g/mol. The minimum atomic E-state index is -4.51. The summed E-state index contributed by atoms with van der Waals surface area (Å²) in [5.74, 6) is -2.48. The maximum Gasteiger partial charge on any atom is 0.416 e. The summed E-state index contributed by atoms with van der Waals surface area (Å²) in [6, 6.07) is 12.3. The van der Waals surface area contributed by atoms with Crippen molar-refractivity contribution in [2.45, 2.75) is 38.3 Å². The first-order valence-electron chi connectivity index (χ1n) is 11.8.